The Labute approximate surface area is 114 Å². The van der Waals surface area contributed by atoms with Gasteiger partial charge in [0, 0.05) is 18.0 Å². The lowest BCUT2D eigenvalue weighted by Crippen LogP contribution is -2.23. The van der Waals surface area contributed by atoms with Crippen LogP contribution in [-0.4, -0.2) is 18.1 Å². The van der Waals surface area contributed by atoms with E-state index in [4.69, 9.17) is 4.42 Å². The van der Waals surface area contributed by atoms with Gasteiger partial charge in [-0.25, -0.2) is 4.98 Å². The predicted molar refractivity (Wildman–Crippen MR) is 69.2 cm³/mol. The number of halogens is 3. The third kappa shape index (κ3) is 3.39. The largest absolute Gasteiger partial charge is 0.444 e. The first-order valence-electron chi connectivity index (χ1n) is 6.19. The average molecular weight is 284 g/mol. The van der Waals surface area contributed by atoms with E-state index in [0.29, 0.717) is 17.7 Å². The zero-order chi connectivity index (χ0) is 14.8. The molecule has 108 valence electrons. The zero-order valence-electron chi connectivity index (χ0n) is 11.2. The van der Waals surface area contributed by atoms with Crippen LogP contribution in [0, 0.1) is 0 Å². The van der Waals surface area contributed by atoms with E-state index in [1.807, 2.05) is 14.0 Å². The Kier molecular flexibility index (Phi) is 4.13. The van der Waals surface area contributed by atoms with E-state index < -0.39 is 11.7 Å². The maximum atomic E-state index is 12.6. The Morgan fingerprint density at radius 3 is 2.75 bits per heavy atom. The lowest BCUT2D eigenvalue weighted by Gasteiger charge is -2.07. The molecule has 1 aromatic carbocycles. The highest BCUT2D eigenvalue weighted by molar-refractivity contribution is 5.54. The van der Waals surface area contributed by atoms with Crippen LogP contribution in [-0.2, 0) is 12.6 Å². The molecule has 1 atom stereocenters. The summed E-state index contributed by atoms with van der Waals surface area (Å²) in [7, 11) is 1.83. The van der Waals surface area contributed by atoms with Gasteiger partial charge in [0.1, 0.15) is 6.26 Å². The fourth-order valence-electron chi connectivity index (χ4n) is 1.78. The second-order valence-electron chi connectivity index (χ2n) is 4.62. The minimum atomic E-state index is -4.37. The number of rotatable bonds is 4. The van der Waals surface area contributed by atoms with Gasteiger partial charge in [0.15, 0.2) is 0 Å². The minimum absolute atomic E-state index is 0.203. The summed E-state index contributed by atoms with van der Waals surface area (Å²) >= 11 is 0. The van der Waals surface area contributed by atoms with Gasteiger partial charge in [0.05, 0.1) is 11.3 Å². The third-order valence-corrected chi connectivity index (χ3v) is 3.00. The average Bonchev–Trinajstić information content (AvgIpc) is 2.86. The van der Waals surface area contributed by atoms with Gasteiger partial charge < -0.3 is 9.73 Å². The molecule has 0 fully saturated rings. The molecule has 0 saturated carbocycles. The van der Waals surface area contributed by atoms with Gasteiger partial charge in [-0.3, -0.25) is 0 Å². The Bertz CT molecular complexity index is 578. The van der Waals surface area contributed by atoms with Crippen molar-refractivity contribution in [1.82, 2.24) is 10.3 Å². The van der Waals surface area contributed by atoms with Crippen molar-refractivity contribution >= 4 is 0 Å². The van der Waals surface area contributed by atoms with E-state index in [2.05, 4.69) is 10.3 Å². The Morgan fingerprint density at radius 1 is 1.35 bits per heavy atom. The van der Waals surface area contributed by atoms with Crippen molar-refractivity contribution in [2.75, 3.05) is 7.05 Å². The van der Waals surface area contributed by atoms with Crippen molar-refractivity contribution in [3.05, 3.63) is 41.8 Å². The second kappa shape index (κ2) is 5.66. The molecule has 0 aliphatic rings. The molecule has 1 heterocycles. The summed E-state index contributed by atoms with van der Waals surface area (Å²) in [5, 5.41) is 3.06. The number of oxazole rings is 1. The molecule has 1 unspecified atom stereocenters. The van der Waals surface area contributed by atoms with Crippen LogP contribution in [0.5, 0.6) is 0 Å². The highest BCUT2D eigenvalue weighted by atomic mass is 19.4. The van der Waals surface area contributed by atoms with Crippen LogP contribution in [0.4, 0.5) is 13.2 Å². The molecule has 2 aromatic rings. The number of hydrogen-bond donors (Lipinski definition) is 1. The van der Waals surface area contributed by atoms with Crippen LogP contribution < -0.4 is 5.32 Å². The van der Waals surface area contributed by atoms with E-state index in [1.54, 1.807) is 6.07 Å². The van der Waals surface area contributed by atoms with Crippen molar-refractivity contribution in [3.63, 3.8) is 0 Å². The molecule has 0 aliphatic heterocycles. The van der Waals surface area contributed by atoms with E-state index >= 15 is 0 Å². The Morgan fingerprint density at radius 2 is 2.10 bits per heavy atom. The molecule has 0 aliphatic carbocycles. The number of benzene rings is 1. The summed E-state index contributed by atoms with van der Waals surface area (Å²) in [6, 6.07) is 5.17. The SMILES string of the molecule is CNC(C)Cc1coc(-c2cccc(C(F)(F)F)c2)n1. The standard InChI is InChI=1S/C14H15F3N2O/c1-9(18-2)6-12-8-20-13(19-12)10-4-3-5-11(7-10)14(15,16)17/h3-5,7-9,18H,6H2,1-2H3. The predicted octanol–water partition coefficient (Wildman–Crippen LogP) is 3.51. The maximum absolute atomic E-state index is 12.6. The van der Waals surface area contributed by atoms with Gasteiger partial charge in [-0.2, -0.15) is 13.2 Å². The first-order chi connectivity index (χ1) is 9.40. The smallest absolute Gasteiger partial charge is 0.416 e. The van der Waals surface area contributed by atoms with Gasteiger partial charge in [0.25, 0.3) is 0 Å². The maximum Gasteiger partial charge on any atom is 0.416 e. The summed E-state index contributed by atoms with van der Waals surface area (Å²) < 4.78 is 43.2. The summed E-state index contributed by atoms with van der Waals surface area (Å²) in [4.78, 5) is 4.22. The normalized spacial score (nSPS) is 13.4. The molecule has 0 amide bonds. The molecule has 0 spiro atoms. The summed E-state index contributed by atoms with van der Waals surface area (Å²) in [5.41, 5.74) is 0.320. The van der Waals surface area contributed by atoms with E-state index in [-0.39, 0.29) is 11.9 Å². The van der Waals surface area contributed by atoms with Crippen LogP contribution in [0.15, 0.2) is 34.9 Å². The van der Waals surface area contributed by atoms with Crippen LogP contribution in [0.1, 0.15) is 18.2 Å². The lowest BCUT2D eigenvalue weighted by molar-refractivity contribution is -0.137. The number of hydrogen-bond acceptors (Lipinski definition) is 3. The van der Waals surface area contributed by atoms with Gasteiger partial charge in [0.2, 0.25) is 5.89 Å². The number of alkyl halides is 3. The summed E-state index contributed by atoms with van der Waals surface area (Å²) in [6.45, 7) is 1.98. The topological polar surface area (TPSA) is 38.1 Å². The molecular formula is C14H15F3N2O. The van der Waals surface area contributed by atoms with Crippen molar-refractivity contribution in [3.8, 4) is 11.5 Å². The first kappa shape index (κ1) is 14.6. The van der Waals surface area contributed by atoms with Crippen molar-refractivity contribution < 1.29 is 17.6 Å². The molecule has 20 heavy (non-hydrogen) atoms. The minimum Gasteiger partial charge on any atom is -0.444 e. The fraction of sp³-hybridized carbons (Fsp3) is 0.357. The number of nitrogens with zero attached hydrogens (tertiary/aromatic N) is 1. The van der Waals surface area contributed by atoms with Crippen LogP contribution in [0.25, 0.3) is 11.5 Å². The van der Waals surface area contributed by atoms with E-state index in [0.717, 1.165) is 12.1 Å². The Balaban J connectivity index is 2.24. The molecule has 6 heteroatoms. The number of aromatic nitrogens is 1. The first-order valence-corrected chi connectivity index (χ1v) is 6.19. The van der Waals surface area contributed by atoms with Crippen molar-refractivity contribution in [1.29, 1.82) is 0 Å². The summed E-state index contributed by atoms with van der Waals surface area (Å²) in [5.74, 6) is 0.203. The molecule has 2 rings (SSSR count). The van der Waals surface area contributed by atoms with Gasteiger partial charge >= 0.3 is 6.18 Å². The monoisotopic (exact) mass is 284 g/mol. The fourth-order valence-corrected chi connectivity index (χ4v) is 1.78. The van der Waals surface area contributed by atoms with E-state index in [9.17, 15) is 13.2 Å². The number of likely N-dealkylation sites (N-methyl/N-ethyl adjacent to an activating group) is 1. The molecular weight excluding hydrogens is 269 g/mol. The van der Waals surface area contributed by atoms with Crippen LogP contribution in [0.3, 0.4) is 0 Å². The molecule has 3 nitrogen and oxygen atoms in total. The highest BCUT2D eigenvalue weighted by Crippen LogP contribution is 2.31. The van der Waals surface area contributed by atoms with Crippen LogP contribution >= 0.6 is 0 Å². The third-order valence-electron chi connectivity index (χ3n) is 3.00. The van der Waals surface area contributed by atoms with Crippen LogP contribution in [0.2, 0.25) is 0 Å². The van der Waals surface area contributed by atoms with Gasteiger partial charge in [-0.05, 0) is 32.2 Å². The van der Waals surface area contributed by atoms with Gasteiger partial charge in [-0.15, -0.1) is 0 Å². The number of nitrogens with one attached hydrogen (secondary N) is 1. The molecule has 1 aromatic heterocycles. The molecule has 0 bridgehead atoms. The zero-order valence-corrected chi connectivity index (χ0v) is 11.2. The van der Waals surface area contributed by atoms with Crippen molar-refractivity contribution in [2.24, 2.45) is 0 Å². The van der Waals surface area contributed by atoms with E-state index in [1.165, 1.54) is 12.3 Å². The lowest BCUT2D eigenvalue weighted by atomic mass is 10.1. The molecule has 0 saturated heterocycles. The molecule has 1 N–H and O–H groups in total. The van der Waals surface area contributed by atoms with Crippen molar-refractivity contribution in [2.45, 2.75) is 25.6 Å². The Hall–Kier alpha value is -1.82. The molecule has 0 radical (unpaired) electrons. The second-order valence-corrected chi connectivity index (χ2v) is 4.62. The highest BCUT2D eigenvalue weighted by Gasteiger charge is 2.30. The summed E-state index contributed by atoms with van der Waals surface area (Å²) in [6.07, 6.45) is -2.24. The van der Waals surface area contributed by atoms with Gasteiger partial charge in [-0.1, -0.05) is 6.07 Å². The quantitative estimate of drug-likeness (QED) is 0.933.